The predicted molar refractivity (Wildman–Crippen MR) is 101 cm³/mol. The standard InChI is InChI=1S/C20H19N5O.H2/c1-20(2)11-10-17-16(18(20)26)9-8-15(23-17)7-6-13-4-3-5-14(12-13)19(21)24-25-22;/h3-5,8-9,12H,10-11H2,1-2H3,(H3,21,22,24);1H. The molecule has 0 spiro atoms. The molecule has 0 saturated carbocycles. The molecule has 0 atom stereocenters. The van der Waals surface area contributed by atoms with Crippen molar-refractivity contribution in [3.8, 4) is 11.8 Å². The number of nitrogens with one attached hydrogen (secondary N) is 1. The molecule has 3 N–H and O–H groups in total. The average molecular weight is 347 g/mol. The zero-order valence-electron chi connectivity index (χ0n) is 14.7. The largest absolute Gasteiger partial charge is 0.305 e. The van der Waals surface area contributed by atoms with Crippen molar-refractivity contribution in [3.05, 3.63) is 64.5 Å². The lowest BCUT2D eigenvalue weighted by Crippen LogP contribution is -2.31. The minimum atomic E-state index is -0.326. The molecule has 0 unspecified atom stereocenters. The fraction of sp³-hybridized carbons (Fsp3) is 0.250. The van der Waals surface area contributed by atoms with Crippen LogP contribution in [0.1, 0.15) is 54.6 Å². The first-order valence-corrected chi connectivity index (χ1v) is 8.27. The second-order valence-electron chi connectivity index (χ2n) is 6.80. The topological polar surface area (TPSA) is 105 Å². The molecular formula is C20H21N5O. The maximum absolute atomic E-state index is 12.5. The fourth-order valence-electron chi connectivity index (χ4n) is 2.87. The number of benzene rings is 1. The van der Waals surface area contributed by atoms with E-state index < -0.39 is 0 Å². The van der Waals surface area contributed by atoms with Crippen molar-refractivity contribution in [2.75, 3.05) is 0 Å². The van der Waals surface area contributed by atoms with E-state index in [1.807, 2.05) is 26.0 Å². The Kier molecular flexibility index (Phi) is 4.63. The lowest BCUT2D eigenvalue weighted by atomic mass is 9.75. The minimum absolute atomic E-state index is 0. The molecule has 1 aliphatic rings. The van der Waals surface area contributed by atoms with Gasteiger partial charge in [0.05, 0.1) is 5.69 Å². The Morgan fingerprint density at radius 1 is 1.31 bits per heavy atom. The lowest BCUT2D eigenvalue weighted by molar-refractivity contribution is 0.0809. The molecule has 132 valence electrons. The van der Waals surface area contributed by atoms with E-state index in [0.717, 1.165) is 24.1 Å². The number of carbonyl (C=O) groups is 1. The first-order chi connectivity index (χ1) is 12.4. The summed E-state index contributed by atoms with van der Waals surface area (Å²) in [6.07, 6.45) is 1.57. The third-order valence-corrected chi connectivity index (χ3v) is 4.45. The van der Waals surface area contributed by atoms with Crippen molar-refractivity contribution in [1.29, 1.82) is 5.41 Å². The summed E-state index contributed by atoms with van der Waals surface area (Å²) in [5.41, 5.74) is 3.13. The Morgan fingerprint density at radius 2 is 2.12 bits per heavy atom. The number of hydrogen-bond acceptors (Lipinski definition) is 4. The highest BCUT2D eigenvalue weighted by molar-refractivity contribution is 6.02. The summed E-state index contributed by atoms with van der Waals surface area (Å²) in [7, 11) is 0. The number of nitrogens with zero attached hydrogens (tertiary/aromatic N) is 3. The molecule has 3 rings (SSSR count). The van der Waals surface area contributed by atoms with Gasteiger partial charge in [0, 0.05) is 23.5 Å². The van der Waals surface area contributed by atoms with Crippen LogP contribution in [0.3, 0.4) is 0 Å². The van der Waals surface area contributed by atoms with Crippen molar-refractivity contribution in [2.45, 2.75) is 26.7 Å². The van der Waals surface area contributed by atoms with Crippen LogP contribution in [0.5, 0.6) is 0 Å². The number of ketones is 1. The smallest absolute Gasteiger partial charge is 0.176 e. The number of nitrogens with two attached hydrogens (primary N) is 1. The van der Waals surface area contributed by atoms with Crippen molar-refractivity contribution in [3.63, 3.8) is 0 Å². The normalized spacial score (nSPS) is 15.2. The van der Waals surface area contributed by atoms with Gasteiger partial charge in [-0.05, 0) is 43.0 Å². The second-order valence-corrected chi connectivity index (χ2v) is 6.80. The van der Waals surface area contributed by atoms with Gasteiger partial charge in [0.2, 0.25) is 0 Å². The highest BCUT2D eigenvalue weighted by Crippen LogP contribution is 2.33. The van der Waals surface area contributed by atoms with Crippen LogP contribution in [0.25, 0.3) is 0 Å². The van der Waals surface area contributed by atoms with E-state index in [1.165, 1.54) is 0 Å². The zero-order valence-corrected chi connectivity index (χ0v) is 14.7. The summed E-state index contributed by atoms with van der Waals surface area (Å²) < 4.78 is 0. The average Bonchev–Trinajstić information content (AvgIpc) is 2.64. The molecule has 6 nitrogen and oxygen atoms in total. The van der Waals surface area contributed by atoms with E-state index in [0.29, 0.717) is 16.8 Å². The van der Waals surface area contributed by atoms with E-state index in [1.54, 1.807) is 24.3 Å². The molecule has 1 aromatic carbocycles. The molecule has 0 radical (unpaired) electrons. The number of rotatable bonds is 1. The molecule has 6 heteroatoms. The van der Waals surface area contributed by atoms with Crippen LogP contribution in [-0.2, 0) is 6.42 Å². The van der Waals surface area contributed by atoms with Crippen LogP contribution < -0.4 is 5.84 Å². The molecule has 0 amide bonds. The molecule has 1 heterocycles. The van der Waals surface area contributed by atoms with E-state index in [9.17, 15) is 4.79 Å². The number of aryl methyl sites for hydroxylation is 1. The van der Waals surface area contributed by atoms with Gasteiger partial charge in [0.25, 0.3) is 0 Å². The molecule has 0 fully saturated rings. The van der Waals surface area contributed by atoms with Gasteiger partial charge in [0.1, 0.15) is 5.69 Å². The van der Waals surface area contributed by atoms with Gasteiger partial charge >= 0.3 is 0 Å². The third-order valence-electron chi connectivity index (χ3n) is 4.45. The maximum Gasteiger partial charge on any atom is 0.176 e. The Bertz CT molecular complexity index is 985. The van der Waals surface area contributed by atoms with Gasteiger partial charge in [-0.25, -0.2) is 4.98 Å². The van der Waals surface area contributed by atoms with Gasteiger partial charge in [-0.15, -0.1) is 5.11 Å². The van der Waals surface area contributed by atoms with Gasteiger partial charge in [0.15, 0.2) is 11.6 Å². The quantitative estimate of drug-likeness (QED) is 0.206. The summed E-state index contributed by atoms with van der Waals surface area (Å²) >= 11 is 0. The number of carbonyl (C=O) groups excluding carboxylic acids is 1. The molecular weight excluding hydrogens is 326 g/mol. The number of fused-ring (bicyclic) bond motifs is 1. The summed E-state index contributed by atoms with van der Waals surface area (Å²) in [6.45, 7) is 3.95. The van der Waals surface area contributed by atoms with Crippen LogP contribution in [0.4, 0.5) is 0 Å². The fourth-order valence-corrected chi connectivity index (χ4v) is 2.87. The first kappa shape index (κ1) is 17.5. The SMILES string of the molecule is CC1(C)CCc2nc(C#Cc3cccc(C(=N)N=NN)c3)ccc2C1=O.[HH]. The molecule has 26 heavy (non-hydrogen) atoms. The van der Waals surface area contributed by atoms with E-state index in [4.69, 9.17) is 11.3 Å². The monoisotopic (exact) mass is 347 g/mol. The molecule has 1 aliphatic carbocycles. The number of aromatic nitrogens is 1. The highest BCUT2D eigenvalue weighted by Gasteiger charge is 2.34. The minimum Gasteiger partial charge on any atom is -0.305 e. The zero-order chi connectivity index (χ0) is 18.7. The van der Waals surface area contributed by atoms with Crippen molar-refractivity contribution >= 4 is 11.6 Å². The highest BCUT2D eigenvalue weighted by atomic mass is 16.1. The van der Waals surface area contributed by atoms with Crippen LogP contribution in [0, 0.1) is 22.7 Å². The summed E-state index contributed by atoms with van der Waals surface area (Å²) in [5, 5.41) is 14.4. The summed E-state index contributed by atoms with van der Waals surface area (Å²) in [4.78, 5) is 17.0. The van der Waals surface area contributed by atoms with E-state index in [-0.39, 0.29) is 18.5 Å². The second kappa shape index (κ2) is 6.89. The number of Topliss-reactive ketones (excluding diaryl/α,β-unsaturated/α-hetero) is 1. The van der Waals surface area contributed by atoms with Gasteiger partial charge < -0.3 is 5.84 Å². The Morgan fingerprint density at radius 3 is 2.88 bits per heavy atom. The van der Waals surface area contributed by atoms with Crippen molar-refractivity contribution in [1.82, 2.24) is 4.98 Å². The third kappa shape index (κ3) is 3.52. The molecule has 2 aromatic rings. The summed E-state index contributed by atoms with van der Waals surface area (Å²) in [5.74, 6) is 11.2. The van der Waals surface area contributed by atoms with Crippen LogP contribution in [-0.4, -0.2) is 16.6 Å². The first-order valence-electron chi connectivity index (χ1n) is 8.27. The maximum atomic E-state index is 12.5. The number of hydrogen-bond donors (Lipinski definition) is 2. The van der Waals surface area contributed by atoms with Gasteiger partial charge in [-0.2, -0.15) is 0 Å². The number of amidine groups is 1. The van der Waals surface area contributed by atoms with Crippen LogP contribution >= 0.6 is 0 Å². The summed E-state index contributed by atoms with van der Waals surface area (Å²) in [6, 6.07) is 10.7. The van der Waals surface area contributed by atoms with Crippen molar-refractivity contribution in [2.24, 2.45) is 21.6 Å². The molecule has 1 aromatic heterocycles. The van der Waals surface area contributed by atoms with Crippen LogP contribution in [0.2, 0.25) is 0 Å². The van der Waals surface area contributed by atoms with E-state index >= 15 is 0 Å². The van der Waals surface area contributed by atoms with Crippen molar-refractivity contribution < 1.29 is 6.22 Å². The molecule has 0 saturated heterocycles. The van der Waals surface area contributed by atoms with E-state index in [2.05, 4.69) is 27.2 Å². The molecule has 0 bridgehead atoms. The Balaban J connectivity index is 0.00000261. The number of pyridine rings is 1. The molecule has 0 aliphatic heterocycles. The Hall–Kier alpha value is -3.33. The lowest BCUT2D eigenvalue weighted by Gasteiger charge is -2.28. The Labute approximate surface area is 153 Å². The van der Waals surface area contributed by atoms with Crippen LogP contribution in [0.15, 0.2) is 46.7 Å². The predicted octanol–water partition coefficient (Wildman–Crippen LogP) is 3.53. The van der Waals surface area contributed by atoms with Gasteiger partial charge in [-0.3, -0.25) is 10.2 Å². The van der Waals surface area contributed by atoms with Gasteiger partial charge in [-0.1, -0.05) is 37.1 Å².